The molecule has 2 aromatic rings. The minimum absolute atomic E-state index is 0.0799. The molecular formula is C14H13N3O4. The molecule has 108 valence electrons. The van der Waals surface area contributed by atoms with E-state index >= 15 is 0 Å². The highest BCUT2D eigenvalue weighted by atomic mass is 16.6. The molecule has 1 heterocycles. The number of rotatable bonds is 4. The van der Waals surface area contributed by atoms with Crippen LogP contribution < -0.4 is 10.1 Å². The number of nitro groups is 1. The van der Waals surface area contributed by atoms with Crippen LogP contribution in [0.2, 0.25) is 0 Å². The number of non-ortho nitro benzene ring substituents is 1. The van der Waals surface area contributed by atoms with Crippen LogP contribution in [0.1, 0.15) is 15.9 Å². The molecule has 1 N–H and O–H groups in total. The van der Waals surface area contributed by atoms with Crippen molar-refractivity contribution in [3.63, 3.8) is 0 Å². The number of benzene rings is 1. The van der Waals surface area contributed by atoms with E-state index in [1.54, 1.807) is 25.1 Å². The summed E-state index contributed by atoms with van der Waals surface area (Å²) >= 11 is 0. The second kappa shape index (κ2) is 6.00. The number of hydrogen-bond acceptors (Lipinski definition) is 5. The molecule has 21 heavy (non-hydrogen) atoms. The molecule has 1 aromatic heterocycles. The van der Waals surface area contributed by atoms with Gasteiger partial charge in [-0.1, -0.05) is 6.07 Å². The Hall–Kier alpha value is -2.96. The Morgan fingerprint density at radius 1 is 1.33 bits per heavy atom. The van der Waals surface area contributed by atoms with Crippen molar-refractivity contribution in [3.05, 3.63) is 57.8 Å². The van der Waals surface area contributed by atoms with Gasteiger partial charge in [-0.3, -0.25) is 14.9 Å². The van der Waals surface area contributed by atoms with E-state index in [2.05, 4.69) is 10.3 Å². The third-order valence-corrected chi connectivity index (χ3v) is 2.89. The molecule has 0 unspecified atom stereocenters. The van der Waals surface area contributed by atoms with E-state index in [0.29, 0.717) is 17.1 Å². The number of nitrogens with one attached hydrogen (secondary N) is 1. The molecule has 0 saturated carbocycles. The van der Waals surface area contributed by atoms with Gasteiger partial charge in [-0.2, -0.15) is 0 Å². The SMILES string of the molecule is COc1ccc(C(=O)Nc2cc([N+](=O)[O-])ccc2C)cn1. The molecular weight excluding hydrogens is 274 g/mol. The number of carbonyl (C=O) groups excluding carboxylic acids is 1. The summed E-state index contributed by atoms with van der Waals surface area (Å²) in [5.74, 6) is 0.00632. The van der Waals surface area contributed by atoms with E-state index < -0.39 is 10.8 Å². The standard InChI is InChI=1S/C14H13N3O4/c1-9-3-5-11(17(19)20)7-12(9)16-14(18)10-4-6-13(21-2)15-8-10/h3-8H,1-2H3,(H,16,18). The van der Waals surface area contributed by atoms with Gasteiger partial charge in [0, 0.05) is 24.4 Å². The molecule has 0 fully saturated rings. The van der Waals surface area contributed by atoms with Crippen LogP contribution >= 0.6 is 0 Å². The Morgan fingerprint density at radius 2 is 2.10 bits per heavy atom. The summed E-state index contributed by atoms with van der Waals surface area (Å²) in [5, 5.41) is 13.4. The third kappa shape index (κ3) is 3.33. The Balaban J connectivity index is 2.22. The Labute approximate surface area is 120 Å². The van der Waals surface area contributed by atoms with E-state index in [-0.39, 0.29) is 5.69 Å². The highest BCUT2D eigenvalue weighted by molar-refractivity contribution is 6.04. The predicted molar refractivity (Wildman–Crippen MR) is 76.6 cm³/mol. The summed E-state index contributed by atoms with van der Waals surface area (Å²) in [6.45, 7) is 1.76. The van der Waals surface area contributed by atoms with Crippen molar-refractivity contribution in [2.24, 2.45) is 0 Å². The van der Waals surface area contributed by atoms with E-state index in [1.807, 2.05) is 0 Å². The molecule has 7 heteroatoms. The summed E-state index contributed by atoms with van der Waals surface area (Å²) in [5.41, 5.74) is 1.38. The number of nitro benzene ring substituents is 1. The van der Waals surface area contributed by atoms with E-state index in [1.165, 1.54) is 25.4 Å². The number of carbonyl (C=O) groups is 1. The van der Waals surface area contributed by atoms with Gasteiger partial charge in [0.2, 0.25) is 5.88 Å². The lowest BCUT2D eigenvalue weighted by molar-refractivity contribution is -0.384. The molecule has 1 amide bonds. The first-order valence-corrected chi connectivity index (χ1v) is 6.07. The number of methoxy groups -OCH3 is 1. The molecule has 0 aliphatic heterocycles. The molecule has 0 spiro atoms. The zero-order chi connectivity index (χ0) is 15.4. The summed E-state index contributed by atoms with van der Waals surface area (Å²) in [6, 6.07) is 7.42. The van der Waals surface area contributed by atoms with Gasteiger partial charge >= 0.3 is 0 Å². The average Bonchev–Trinajstić information content (AvgIpc) is 2.49. The molecule has 1 aromatic carbocycles. The topological polar surface area (TPSA) is 94.4 Å². The summed E-state index contributed by atoms with van der Waals surface area (Å²) in [6.07, 6.45) is 1.38. The lowest BCUT2D eigenvalue weighted by Gasteiger charge is -2.08. The maximum absolute atomic E-state index is 12.1. The Morgan fingerprint density at radius 3 is 2.67 bits per heavy atom. The van der Waals surface area contributed by atoms with Crippen molar-refractivity contribution in [3.8, 4) is 5.88 Å². The lowest BCUT2D eigenvalue weighted by atomic mass is 10.1. The quantitative estimate of drug-likeness (QED) is 0.688. The number of amides is 1. The molecule has 0 atom stereocenters. The molecule has 0 aliphatic carbocycles. The molecule has 0 bridgehead atoms. The monoisotopic (exact) mass is 287 g/mol. The predicted octanol–water partition coefficient (Wildman–Crippen LogP) is 2.56. The van der Waals surface area contributed by atoms with Crippen molar-refractivity contribution in [1.29, 1.82) is 0 Å². The van der Waals surface area contributed by atoms with Gasteiger partial charge in [0.1, 0.15) is 0 Å². The van der Waals surface area contributed by atoms with Crippen LogP contribution in [-0.4, -0.2) is 22.9 Å². The minimum Gasteiger partial charge on any atom is -0.481 e. The van der Waals surface area contributed by atoms with Gasteiger partial charge in [-0.25, -0.2) is 4.98 Å². The molecule has 0 saturated heterocycles. The van der Waals surface area contributed by atoms with Crippen molar-refractivity contribution in [2.45, 2.75) is 6.92 Å². The van der Waals surface area contributed by atoms with Gasteiger partial charge in [-0.15, -0.1) is 0 Å². The van der Waals surface area contributed by atoms with Crippen molar-refractivity contribution in [1.82, 2.24) is 4.98 Å². The van der Waals surface area contributed by atoms with Crippen LogP contribution in [0.5, 0.6) is 5.88 Å². The third-order valence-electron chi connectivity index (χ3n) is 2.89. The van der Waals surface area contributed by atoms with Gasteiger partial charge in [-0.05, 0) is 18.6 Å². The zero-order valence-corrected chi connectivity index (χ0v) is 11.5. The first kappa shape index (κ1) is 14.4. The zero-order valence-electron chi connectivity index (χ0n) is 11.5. The van der Waals surface area contributed by atoms with Crippen molar-refractivity contribution < 1.29 is 14.5 Å². The van der Waals surface area contributed by atoms with Gasteiger partial charge < -0.3 is 10.1 Å². The fraction of sp³-hybridized carbons (Fsp3) is 0.143. The number of hydrogen-bond donors (Lipinski definition) is 1. The fourth-order valence-electron chi connectivity index (χ4n) is 1.69. The summed E-state index contributed by atoms with van der Waals surface area (Å²) in [7, 11) is 1.48. The lowest BCUT2D eigenvalue weighted by Crippen LogP contribution is -2.13. The Kier molecular flexibility index (Phi) is 4.13. The molecule has 2 rings (SSSR count). The Bertz CT molecular complexity index is 683. The fourth-order valence-corrected chi connectivity index (χ4v) is 1.69. The average molecular weight is 287 g/mol. The highest BCUT2D eigenvalue weighted by Crippen LogP contribution is 2.22. The highest BCUT2D eigenvalue weighted by Gasteiger charge is 2.12. The molecule has 7 nitrogen and oxygen atoms in total. The number of nitrogens with zero attached hydrogens (tertiary/aromatic N) is 2. The number of anilines is 1. The smallest absolute Gasteiger partial charge is 0.271 e. The van der Waals surface area contributed by atoms with Crippen LogP contribution in [-0.2, 0) is 0 Å². The van der Waals surface area contributed by atoms with Gasteiger partial charge in [0.05, 0.1) is 23.3 Å². The van der Waals surface area contributed by atoms with Crippen LogP contribution in [0, 0.1) is 17.0 Å². The summed E-state index contributed by atoms with van der Waals surface area (Å²) in [4.78, 5) is 26.3. The van der Waals surface area contributed by atoms with Crippen LogP contribution in [0.3, 0.4) is 0 Å². The second-order valence-electron chi connectivity index (χ2n) is 4.30. The maximum Gasteiger partial charge on any atom is 0.271 e. The largest absolute Gasteiger partial charge is 0.481 e. The van der Waals surface area contributed by atoms with E-state index in [0.717, 1.165) is 5.56 Å². The second-order valence-corrected chi connectivity index (χ2v) is 4.30. The first-order chi connectivity index (χ1) is 10.0. The van der Waals surface area contributed by atoms with Crippen LogP contribution in [0.15, 0.2) is 36.5 Å². The van der Waals surface area contributed by atoms with Crippen LogP contribution in [0.25, 0.3) is 0 Å². The first-order valence-electron chi connectivity index (χ1n) is 6.07. The van der Waals surface area contributed by atoms with Gasteiger partial charge in [0.25, 0.3) is 11.6 Å². The van der Waals surface area contributed by atoms with Gasteiger partial charge in [0.15, 0.2) is 0 Å². The van der Waals surface area contributed by atoms with E-state index in [9.17, 15) is 14.9 Å². The number of aromatic nitrogens is 1. The maximum atomic E-state index is 12.1. The van der Waals surface area contributed by atoms with Crippen molar-refractivity contribution >= 4 is 17.3 Å². The van der Waals surface area contributed by atoms with Crippen LogP contribution in [0.4, 0.5) is 11.4 Å². The summed E-state index contributed by atoms with van der Waals surface area (Å²) < 4.78 is 4.91. The van der Waals surface area contributed by atoms with Crippen molar-refractivity contribution in [2.75, 3.05) is 12.4 Å². The number of ether oxygens (including phenoxy) is 1. The number of pyridine rings is 1. The van der Waals surface area contributed by atoms with E-state index in [4.69, 9.17) is 4.74 Å². The normalized spacial score (nSPS) is 10.0. The molecule has 0 radical (unpaired) electrons. The number of aryl methyl sites for hydroxylation is 1. The minimum atomic E-state index is -0.510. The molecule has 0 aliphatic rings.